The molecule has 0 radical (unpaired) electrons. The zero-order valence-electron chi connectivity index (χ0n) is 9.13. The van der Waals surface area contributed by atoms with E-state index in [-0.39, 0.29) is 0 Å². The van der Waals surface area contributed by atoms with Gasteiger partial charge in [0.2, 0.25) is 0 Å². The number of hydrogen-bond acceptors (Lipinski definition) is 3. The van der Waals surface area contributed by atoms with Crippen molar-refractivity contribution in [1.82, 2.24) is 10.2 Å². The van der Waals surface area contributed by atoms with Crippen molar-refractivity contribution >= 4 is 0 Å². The molecule has 0 saturated carbocycles. The fraction of sp³-hybridized carbons (Fsp3) is 0.909. The molecule has 0 aromatic heterocycles. The number of rotatable bonds is 5. The van der Waals surface area contributed by atoms with E-state index in [9.17, 15) is 0 Å². The molecule has 0 aliphatic carbocycles. The second-order valence-corrected chi connectivity index (χ2v) is 4.21. The van der Waals surface area contributed by atoms with Crippen LogP contribution in [0.15, 0.2) is 0 Å². The molecule has 1 heterocycles. The largest absolute Gasteiger partial charge is 0.316 e. The zero-order chi connectivity index (χ0) is 10.2. The molecule has 0 spiro atoms. The van der Waals surface area contributed by atoms with Crippen molar-refractivity contribution in [3.63, 3.8) is 0 Å². The molecule has 1 N–H and O–H groups in total. The average Bonchev–Trinajstić information content (AvgIpc) is 2.21. The lowest BCUT2D eigenvalue weighted by Gasteiger charge is -2.29. The predicted molar refractivity (Wildman–Crippen MR) is 57.9 cm³/mol. The standard InChI is InChI=1S/C11H21N3/c1-14-8-4-11(5-9-14)10-13-7-3-2-6-12/h11,13H,2-5,7-10H2,1H3. The second-order valence-electron chi connectivity index (χ2n) is 4.21. The van der Waals surface area contributed by atoms with E-state index in [4.69, 9.17) is 5.26 Å². The number of nitriles is 1. The highest BCUT2D eigenvalue weighted by Crippen LogP contribution is 2.14. The Hall–Kier alpha value is -0.590. The fourth-order valence-electron chi connectivity index (χ4n) is 1.86. The van der Waals surface area contributed by atoms with Gasteiger partial charge in [-0.05, 0) is 58.4 Å². The quantitative estimate of drug-likeness (QED) is 0.670. The minimum Gasteiger partial charge on any atom is -0.316 e. The topological polar surface area (TPSA) is 39.1 Å². The van der Waals surface area contributed by atoms with E-state index in [2.05, 4.69) is 23.3 Å². The van der Waals surface area contributed by atoms with E-state index in [0.717, 1.165) is 25.4 Å². The van der Waals surface area contributed by atoms with Gasteiger partial charge in [-0.2, -0.15) is 5.26 Å². The van der Waals surface area contributed by atoms with Crippen LogP contribution in [0.4, 0.5) is 0 Å². The molecule has 0 atom stereocenters. The molecule has 1 aliphatic heterocycles. The molecule has 1 aliphatic rings. The number of unbranched alkanes of at least 4 members (excludes halogenated alkanes) is 1. The van der Waals surface area contributed by atoms with Gasteiger partial charge in [-0.15, -0.1) is 0 Å². The summed E-state index contributed by atoms with van der Waals surface area (Å²) in [7, 11) is 2.19. The Morgan fingerprint density at radius 3 is 2.79 bits per heavy atom. The van der Waals surface area contributed by atoms with Crippen molar-refractivity contribution in [2.75, 3.05) is 33.2 Å². The molecule has 0 aromatic rings. The van der Waals surface area contributed by atoms with Gasteiger partial charge in [-0.25, -0.2) is 0 Å². The Kier molecular flexibility index (Phi) is 5.58. The minimum atomic E-state index is 0.681. The van der Waals surface area contributed by atoms with Gasteiger partial charge < -0.3 is 10.2 Å². The highest BCUT2D eigenvalue weighted by molar-refractivity contribution is 4.73. The molecule has 0 amide bonds. The maximum absolute atomic E-state index is 8.36. The number of piperidine rings is 1. The Balaban J connectivity index is 1.94. The summed E-state index contributed by atoms with van der Waals surface area (Å²) in [6.07, 6.45) is 4.31. The van der Waals surface area contributed by atoms with E-state index in [1.165, 1.54) is 25.9 Å². The molecule has 3 nitrogen and oxygen atoms in total. The van der Waals surface area contributed by atoms with Crippen LogP contribution >= 0.6 is 0 Å². The maximum Gasteiger partial charge on any atom is 0.0622 e. The smallest absolute Gasteiger partial charge is 0.0622 e. The van der Waals surface area contributed by atoms with E-state index in [0.29, 0.717) is 6.42 Å². The lowest BCUT2D eigenvalue weighted by molar-refractivity contribution is 0.216. The highest BCUT2D eigenvalue weighted by atomic mass is 15.1. The highest BCUT2D eigenvalue weighted by Gasteiger charge is 2.15. The first kappa shape index (κ1) is 11.5. The third-order valence-corrected chi connectivity index (χ3v) is 2.91. The number of hydrogen-bond donors (Lipinski definition) is 1. The Labute approximate surface area is 87.1 Å². The molecule has 14 heavy (non-hydrogen) atoms. The summed E-state index contributed by atoms with van der Waals surface area (Å²) in [5.74, 6) is 0.855. The molecule has 80 valence electrons. The van der Waals surface area contributed by atoms with Crippen LogP contribution in [0.5, 0.6) is 0 Å². The lowest BCUT2D eigenvalue weighted by atomic mass is 9.97. The van der Waals surface area contributed by atoms with Crippen LogP contribution in [0.25, 0.3) is 0 Å². The molecule has 0 unspecified atom stereocenters. The van der Waals surface area contributed by atoms with E-state index >= 15 is 0 Å². The average molecular weight is 195 g/mol. The van der Waals surface area contributed by atoms with Crippen LogP contribution in [-0.4, -0.2) is 38.1 Å². The molecule has 1 saturated heterocycles. The van der Waals surface area contributed by atoms with Crippen molar-refractivity contribution in [3.8, 4) is 6.07 Å². The van der Waals surface area contributed by atoms with Gasteiger partial charge in [0, 0.05) is 6.42 Å². The lowest BCUT2D eigenvalue weighted by Crippen LogP contribution is -2.35. The first-order valence-corrected chi connectivity index (χ1v) is 5.59. The summed E-state index contributed by atoms with van der Waals surface area (Å²) >= 11 is 0. The summed E-state index contributed by atoms with van der Waals surface area (Å²) < 4.78 is 0. The van der Waals surface area contributed by atoms with Gasteiger partial charge >= 0.3 is 0 Å². The number of nitrogens with one attached hydrogen (secondary N) is 1. The first-order chi connectivity index (χ1) is 6.83. The van der Waals surface area contributed by atoms with Crippen molar-refractivity contribution in [2.45, 2.75) is 25.7 Å². The molecule has 1 rings (SSSR count). The Morgan fingerprint density at radius 1 is 1.43 bits per heavy atom. The SMILES string of the molecule is CN1CCC(CNCCCC#N)CC1. The predicted octanol–water partition coefficient (Wildman–Crippen LogP) is 1.22. The number of nitrogens with zero attached hydrogens (tertiary/aromatic N) is 2. The summed E-state index contributed by atoms with van der Waals surface area (Å²) in [6, 6.07) is 2.17. The molecular formula is C11H21N3. The van der Waals surface area contributed by atoms with Gasteiger partial charge in [-0.1, -0.05) is 0 Å². The fourth-order valence-corrected chi connectivity index (χ4v) is 1.86. The summed E-state index contributed by atoms with van der Waals surface area (Å²) in [6.45, 7) is 4.62. The van der Waals surface area contributed by atoms with Crippen LogP contribution in [0.2, 0.25) is 0 Å². The molecule has 0 aromatic carbocycles. The molecule has 3 heteroatoms. The third-order valence-electron chi connectivity index (χ3n) is 2.91. The van der Waals surface area contributed by atoms with Crippen molar-refractivity contribution in [1.29, 1.82) is 5.26 Å². The monoisotopic (exact) mass is 195 g/mol. The Bertz CT molecular complexity index is 177. The van der Waals surface area contributed by atoms with Crippen LogP contribution < -0.4 is 5.32 Å². The van der Waals surface area contributed by atoms with E-state index in [1.54, 1.807) is 0 Å². The van der Waals surface area contributed by atoms with Gasteiger partial charge in [0.15, 0.2) is 0 Å². The van der Waals surface area contributed by atoms with Crippen molar-refractivity contribution in [3.05, 3.63) is 0 Å². The zero-order valence-corrected chi connectivity index (χ0v) is 9.13. The van der Waals surface area contributed by atoms with Crippen LogP contribution in [0, 0.1) is 17.2 Å². The van der Waals surface area contributed by atoms with Crippen molar-refractivity contribution < 1.29 is 0 Å². The second kappa shape index (κ2) is 6.80. The third kappa shape index (κ3) is 4.59. The minimum absolute atomic E-state index is 0.681. The summed E-state index contributed by atoms with van der Waals surface area (Å²) in [5, 5.41) is 11.8. The van der Waals surface area contributed by atoms with Gasteiger partial charge in [0.05, 0.1) is 6.07 Å². The first-order valence-electron chi connectivity index (χ1n) is 5.59. The van der Waals surface area contributed by atoms with Crippen LogP contribution in [0.3, 0.4) is 0 Å². The number of likely N-dealkylation sites (tertiary alicyclic amines) is 1. The van der Waals surface area contributed by atoms with Crippen LogP contribution in [-0.2, 0) is 0 Å². The maximum atomic E-state index is 8.36. The van der Waals surface area contributed by atoms with Crippen LogP contribution in [0.1, 0.15) is 25.7 Å². The molecular weight excluding hydrogens is 174 g/mol. The normalized spacial score (nSPS) is 19.4. The van der Waals surface area contributed by atoms with Gasteiger partial charge in [0.1, 0.15) is 0 Å². The Morgan fingerprint density at radius 2 is 2.14 bits per heavy atom. The van der Waals surface area contributed by atoms with E-state index in [1.807, 2.05) is 0 Å². The summed E-state index contributed by atoms with van der Waals surface area (Å²) in [5.41, 5.74) is 0. The van der Waals surface area contributed by atoms with Gasteiger partial charge in [0.25, 0.3) is 0 Å². The summed E-state index contributed by atoms with van der Waals surface area (Å²) in [4.78, 5) is 2.40. The van der Waals surface area contributed by atoms with Crippen molar-refractivity contribution in [2.24, 2.45) is 5.92 Å². The molecule has 0 bridgehead atoms. The van der Waals surface area contributed by atoms with E-state index < -0.39 is 0 Å². The van der Waals surface area contributed by atoms with Gasteiger partial charge in [-0.3, -0.25) is 0 Å². The molecule has 1 fully saturated rings.